The van der Waals surface area contributed by atoms with E-state index in [1.807, 2.05) is 18.2 Å². The van der Waals surface area contributed by atoms with Crippen LogP contribution < -0.4 is 4.90 Å². The van der Waals surface area contributed by atoms with Crippen LogP contribution in [0.3, 0.4) is 0 Å². The molecular weight excluding hydrogens is 445 g/mol. The van der Waals surface area contributed by atoms with Crippen LogP contribution in [0, 0.1) is 5.82 Å². The first-order valence-corrected chi connectivity index (χ1v) is 11.5. The highest BCUT2D eigenvalue weighted by Gasteiger charge is 2.26. The number of hydrogen-bond acceptors (Lipinski definition) is 5. The van der Waals surface area contributed by atoms with Crippen molar-refractivity contribution in [2.75, 3.05) is 37.7 Å². The Labute approximate surface area is 199 Å². The van der Waals surface area contributed by atoms with E-state index in [1.165, 1.54) is 17.7 Å². The molecule has 0 unspecified atom stereocenters. The lowest BCUT2D eigenvalue weighted by molar-refractivity contribution is 0.139. The number of aryl methyl sites for hydroxylation is 1. The number of hydrogen-bond donors (Lipinski definition) is 0. The SMILES string of the molecule is Cl.O=C(OCCCN1CCC(c2noc3cc(F)ccc23)CC1)N1CCCc2ccccc21. The lowest BCUT2D eigenvalue weighted by Gasteiger charge is -2.31. The van der Waals surface area contributed by atoms with Gasteiger partial charge in [-0.2, -0.15) is 0 Å². The van der Waals surface area contributed by atoms with E-state index in [0.29, 0.717) is 24.7 Å². The quantitative estimate of drug-likeness (QED) is 0.455. The number of fused-ring (bicyclic) bond motifs is 2. The highest BCUT2D eigenvalue weighted by atomic mass is 35.5. The average Bonchev–Trinajstić information content (AvgIpc) is 3.24. The van der Waals surface area contributed by atoms with Crippen molar-refractivity contribution in [1.82, 2.24) is 10.1 Å². The molecule has 8 heteroatoms. The van der Waals surface area contributed by atoms with E-state index in [4.69, 9.17) is 9.26 Å². The molecule has 1 fully saturated rings. The number of likely N-dealkylation sites (tertiary alicyclic amines) is 1. The average molecular weight is 474 g/mol. The molecule has 5 rings (SSSR count). The summed E-state index contributed by atoms with van der Waals surface area (Å²) in [5.41, 5.74) is 3.65. The molecule has 0 aliphatic carbocycles. The van der Waals surface area contributed by atoms with Crippen molar-refractivity contribution in [1.29, 1.82) is 0 Å². The largest absolute Gasteiger partial charge is 0.449 e. The Morgan fingerprint density at radius 1 is 1.15 bits per heavy atom. The molecule has 6 nitrogen and oxygen atoms in total. The van der Waals surface area contributed by atoms with Crippen LogP contribution in [0.5, 0.6) is 0 Å². The summed E-state index contributed by atoms with van der Waals surface area (Å²) in [6.07, 6.45) is 4.53. The summed E-state index contributed by atoms with van der Waals surface area (Å²) in [4.78, 5) is 16.7. The number of rotatable bonds is 5. The Hall–Kier alpha value is -2.64. The smallest absolute Gasteiger partial charge is 0.414 e. The van der Waals surface area contributed by atoms with Gasteiger partial charge in [0, 0.05) is 30.5 Å². The van der Waals surface area contributed by atoms with E-state index >= 15 is 0 Å². The second-order valence-electron chi connectivity index (χ2n) is 8.68. The van der Waals surface area contributed by atoms with Gasteiger partial charge in [-0.05, 0) is 69.0 Å². The molecule has 33 heavy (non-hydrogen) atoms. The van der Waals surface area contributed by atoms with Crippen LogP contribution in [0.2, 0.25) is 0 Å². The second kappa shape index (κ2) is 10.5. The number of halogens is 2. The lowest BCUT2D eigenvalue weighted by atomic mass is 9.91. The number of aromatic nitrogens is 1. The standard InChI is InChI=1S/C25H28FN3O3.ClH/c26-20-8-9-21-23(17-20)32-27-24(21)19-10-14-28(15-11-19)12-4-16-31-25(30)29-13-3-6-18-5-1-2-7-22(18)29;/h1-2,5,7-9,17,19H,3-4,6,10-16H2;1H. The summed E-state index contributed by atoms with van der Waals surface area (Å²) in [7, 11) is 0. The van der Waals surface area contributed by atoms with Crippen molar-refractivity contribution in [3.63, 3.8) is 0 Å². The first kappa shape index (κ1) is 23.5. The van der Waals surface area contributed by atoms with Crippen LogP contribution in [0.1, 0.15) is 42.9 Å². The minimum Gasteiger partial charge on any atom is -0.449 e. The number of para-hydroxylation sites is 1. The maximum Gasteiger partial charge on any atom is 0.414 e. The third-order valence-corrected chi connectivity index (χ3v) is 6.61. The number of ether oxygens (including phenoxy) is 1. The van der Waals surface area contributed by atoms with Gasteiger partial charge in [0.1, 0.15) is 5.82 Å². The van der Waals surface area contributed by atoms with Gasteiger partial charge in [0.2, 0.25) is 0 Å². The number of piperidine rings is 1. The molecule has 2 aromatic carbocycles. The Kier molecular flexibility index (Phi) is 7.50. The molecule has 0 radical (unpaired) electrons. The molecule has 176 valence electrons. The van der Waals surface area contributed by atoms with Crippen molar-refractivity contribution in [3.8, 4) is 0 Å². The first-order valence-electron chi connectivity index (χ1n) is 11.5. The Morgan fingerprint density at radius 3 is 2.82 bits per heavy atom. The van der Waals surface area contributed by atoms with Gasteiger partial charge in [0.15, 0.2) is 5.58 Å². The molecular formula is C25H29ClFN3O3. The van der Waals surface area contributed by atoms with Crippen LogP contribution in [0.4, 0.5) is 14.9 Å². The summed E-state index contributed by atoms with van der Waals surface area (Å²) in [6.45, 7) is 3.98. The lowest BCUT2D eigenvalue weighted by Crippen LogP contribution is -2.37. The summed E-state index contributed by atoms with van der Waals surface area (Å²) in [6, 6.07) is 12.7. The maximum absolute atomic E-state index is 13.4. The molecule has 0 bridgehead atoms. The van der Waals surface area contributed by atoms with Crippen molar-refractivity contribution in [3.05, 3.63) is 59.5 Å². The summed E-state index contributed by atoms with van der Waals surface area (Å²) >= 11 is 0. The second-order valence-corrected chi connectivity index (χ2v) is 8.68. The monoisotopic (exact) mass is 473 g/mol. The normalized spacial score (nSPS) is 16.9. The fourth-order valence-electron chi connectivity index (χ4n) is 4.90. The topological polar surface area (TPSA) is 58.8 Å². The maximum atomic E-state index is 13.4. The van der Waals surface area contributed by atoms with Crippen LogP contribution in [0.15, 0.2) is 47.0 Å². The number of benzene rings is 2. The van der Waals surface area contributed by atoms with Crippen LogP contribution in [-0.4, -0.2) is 48.9 Å². The third-order valence-electron chi connectivity index (χ3n) is 6.61. The van der Waals surface area contributed by atoms with Crippen molar-refractivity contribution >= 4 is 35.2 Å². The number of amides is 1. The molecule has 3 aromatic rings. The Balaban J connectivity index is 0.00000259. The van der Waals surface area contributed by atoms with Crippen LogP contribution >= 0.6 is 12.4 Å². The van der Waals surface area contributed by atoms with E-state index in [9.17, 15) is 9.18 Å². The van der Waals surface area contributed by atoms with Crippen molar-refractivity contribution in [2.45, 2.75) is 38.0 Å². The van der Waals surface area contributed by atoms with Gasteiger partial charge >= 0.3 is 6.09 Å². The fraction of sp³-hybridized carbons (Fsp3) is 0.440. The van der Waals surface area contributed by atoms with E-state index in [1.54, 1.807) is 11.0 Å². The zero-order valence-electron chi connectivity index (χ0n) is 18.5. The van der Waals surface area contributed by atoms with Gasteiger partial charge in [-0.25, -0.2) is 9.18 Å². The third kappa shape index (κ3) is 5.14. The molecule has 1 aromatic heterocycles. The van der Waals surface area contributed by atoms with Gasteiger partial charge in [-0.3, -0.25) is 4.90 Å². The van der Waals surface area contributed by atoms with E-state index in [-0.39, 0.29) is 24.3 Å². The van der Waals surface area contributed by atoms with Crippen molar-refractivity contribution in [2.24, 2.45) is 0 Å². The summed E-state index contributed by atoms with van der Waals surface area (Å²) in [5.74, 6) is 0.0233. The molecule has 0 N–H and O–H groups in total. The van der Waals surface area contributed by atoms with E-state index in [2.05, 4.69) is 16.1 Å². The summed E-state index contributed by atoms with van der Waals surface area (Å²) < 4.78 is 24.3. The fourth-order valence-corrected chi connectivity index (χ4v) is 4.90. The molecule has 0 atom stereocenters. The van der Waals surface area contributed by atoms with Gasteiger partial charge in [0.05, 0.1) is 18.0 Å². The number of anilines is 1. The Morgan fingerprint density at radius 2 is 1.97 bits per heavy atom. The predicted octanol–water partition coefficient (Wildman–Crippen LogP) is 5.55. The van der Waals surface area contributed by atoms with Gasteiger partial charge in [-0.15, -0.1) is 12.4 Å². The van der Waals surface area contributed by atoms with Crippen LogP contribution in [0.25, 0.3) is 11.0 Å². The first-order chi connectivity index (χ1) is 15.7. The number of carbonyl (C=O) groups excluding carboxylic acids is 1. The van der Waals surface area contributed by atoms with E-state index < -0.39 is 0 Å². The van der Waals surface area contributed by atoms with Gasteiger partial charge in [0.25, 0.3) is 0 Å². The molecule has 1 saturated heterocycles. The molecule has 2 aliphatic rings. The molecule has 2 aliphatic heterocycles. The zero-order valence-corrected chi connectivity index (χ0v) is 19.4. The van der Waals surface area contributed by atoms with Crippen molar-refractivity contribution < 1.29 is 18.4 Å². The number of nitrogens with zero attached hydrogens (tertiary/aromatic N) is 3. The van der Waals surface area contributed by atoms with Gasteiger partial charge < -0.3 is 14.2 Å². The van der Waals surface area contributed by atoms with Gasteiger partial charge in [-0.1, -0.05) is 23.4 Å². The predicted molar refractivity (Wildman–Crippen MR) is 128 cm³/mol. The van der Waals surface area contributed by atoms with E-state index in [0.717, 1.165) is 68.5 Å². The van der Waals surface area contributed by atoms with Crippen LogP contribution in [-0.2, 0) is 11.2 Å². The minimum absolute atomic E-state index is 0. The number of carbonyl (C=O) groups is 1. The molecule has 0 saturated carbocycles. The zero-order chi connectivity index (χ0) is 21.9. The molecule has 0 spiro atoms. The highest BCUT2D eigenvalue weighted by molar-refractivity contribution is 5.89. The Bertz CT molecular complexity index is 1100. The summed E-state index contributed by atoms with van der Waals surface area (Å²) in [5, 5.41) is 5.13. The minimum atomic E-state index is -0.305. The highest BCUT2D eigenvalue weighted by Crippen LogP contribution is 2.33. The molecule has 3 heterocycles. The molecule has 1 amide bonds.